The van der Waals surface area contributed by atoms with E-state index in [0.29, 0.717) is 0 Å². The molecule has 0 amide bonds. The van der Waals surface area contributed by atoms with Crippen molar-refractivity contribution in [1.82, 2.24) is 0 Å². The molecule has 1 aliphatic rings. The third-order valence-electron chi connectivity index (χ3n) is 3.74. The van der Waals surface area contributed by atoms with Gasteiger partial charge in [0.25, 0.3) is 0 Å². The highest BCUT2D eigenvalue weighted by Gasteiger charge is 2.21. The molecule has 0 aromatic heterocycles. The van der Waals surface area contributed by atoms with E-state index in [9.17, 15) is 0 Å². The highest BCUT2D eigenvalue weighted by atomic mass is 35.5. The van der Waals surface area contributed by atoms with Crippen LogP contribution in [0, 0.1) is 0 Å². The second-order valence-electron chi connectivity index (χ2n) is 4.78. The van der Waals surface area contributed by atoms with Gasteiger partial charge < -0.3 is 0 Å². The number of hydrogen-bond donors (Lipinski definition) is 0. The molecular formula is C18H15Cl. The second kappa shape index (κ2) is 4.40. The first-order chi connectivity index (χ1) is 8.84. The molecule has 0 heterocycles. The van der Waals surface area contributed by atoms with Crippen LogP contribution in [-0.2, 0) is 6.42 Å². The molecule has 0 fully saturated rings. The van der Waals surface area contributed by atoms with Gasteiger partial charge in [0.15, 0.2) is 0 Å². The maximum Gasteiger partial charge on any atom is 0.0565 e. The average Bonchev–Trinajstić information content (AvgIpc) is 2.77. The summed E-state index contributed by atoms with van der Waals surface area (Å²) in [4.78, 5) is 0. The molecule has 1 aliphatic carbocycles. The second-order valence-corrected chi connectivity index (χ2v) is 5.16. The van der Waals surface area contributed by atoms with E-state index >= 15 is 0 Å². The zero-order valence-corrected chi connectivity index (χ0v) is 10.5. The van der Waals surface area contributed by atoms with Gasteiger partial charge in [-0.3, -0.25) is 0 Å². The quantitative estimate of drug-likeness (QED) is 0.383. The Kier molecular flexibility index (Phi) is 2.83. The molecule has 0 radical (unpaired) electrons. The Hall–Kier alpha value is -1.79. The number of rotatable bonds is 0. The van der Waals surface area contributed by atoms with Crippen LogP contribution in [0.15, 0.2) is 54.6 Å². The van der Waals surface area contributed by atoms with Crippen LogP contribution >= 0.6 is 11.6 Å². The van der Waals surface area contributed by atoms with Crippen molar-refractivity contribution < 1.29 is 0 Å². The van der Waals surface area contributed by atoms with Crippen LogP contribution < -0.4 is 0 Å². The lowest BCUT2D eigenvalue weighted by Gasteiger charge is -2.08. The highest BCUT2D eigenvalue weighted by Crippen LogP contribution is 2.44. The van der Waals surface area contributed by atoms with Crippen LogP contribution in [0.25, 0.3) is 21.9 Å². The van der Waals surface area contributed by atoms with Crippen molar-refractivity contribution in [3.8, 4) is 11.1 Å². The minimum Gasteiger partial charge on any atom is -0.0830 e. The van der Waals surface area contributed by atoms with Gasteiger partial charge in [-0.25, -0.2) is 0 Å². The van der Waals surface area contributed by atoms with Gasteiger partial charge in [-0.05, 0) is 28.5 Å². The van der Waals surface area contributed by atoms with Gasteiger partial charge in [-0.15, -0.1) is 0 Å². The molecule has 0 aliphatic heterocycles. The Balaban J connectivity index is 0.00000110. The predicted octanol–water partition coefficient (Wildman–Crippen LogP) is 5.70. The first-order valence-electron chi connectivity index (χ1n) is 6.13. The third kappa shape index (κ3) is 1.67. The normalized spacial score (nSPS) is 11.8. The van der Waals surface area contributed by atoms with E-state index in [0.717, 1.165) is 16.8 Å². The number of halogens is 1. The number of hydrogen-bond acceptors (Lipinski definition) is 0. The fourth-order valence-corrected chi connectivity index (χ4v) is 3.31. The van der Waals surface area contributed by atoms with Gasteiger partial charge in [0.1, 0.15) is 0 Å². The summed E-state index contributed by atoms with van der Waals surface area (Å²) in [6, 6.07) is 19.1. The van der Waals surface area contributed by atoms with Crippen molar-refractivity contribution >= 4 is 22.4 Å². The zero-order valence-electron chi connectivity index (χ0n) is 9.78. The van der Waals surface area contributed by atoms with Gasteiger partial charge in [-0.1, -0.05) is 73.6 Å². The molecule has 0 nitrogen and oxygen atoms in total. The van der Waals surface area contributed by atoms with Gasteiger partial charge >= 0.3 is 0 Å². The maximum atomic E-state index is 6.61. The number of fused-ring (bicyclic) bond motifs is 4. The molecule has 0 atom stereocenters. The first-order valence-corrected chi connectivity index (χ1v) is 6.51. The van der Waals surface area contributed by atoms with Crippen molar-refractivity contribution in [1.29, 1.82) is 0 Å². The monoisotopic (exact) mass is 266 g/mol. The zero-order chi connectivity index (χ0) is 12.1. The lowest BCUT2D eigenvalue weighted by Crippen LogP contribution is -1.83. The van der Waals surface area contributed by atoms with E-state index in [1.807, 2.05) is 6.07 Å². The van der Waals surface area contributed by atoms with E-state index in [1.165, 1.54) is 27.6 Å². The molecular weight excluding hydrogens is 252 g/mol. The lowest BCUT2D eigenvalue weighted by atomic mass is 10.0. The Bertz CT molecular complexity index is 772. The van der Waals surface area contributed by atoms with E-state index in [2.05, 4.69) is 48.5 Å². The predicted molar refractivity (Wildman–Crippen MR) is 83.9 cm³/mol. The molecule has 94 valence electrons. The van der Waals surface area contributed by atoms with E-state index in [4.69, 9.17) is 11.6 Å². The summed E-state index contributed by atoms with van der Waals surface area (Å²) in [5, 5.41) is 3.27. The summed E-state index contributed by atoms with van der Waals surface area (Å²) < 4.78 is 0. The van der Waals surface area contributed by atoms with Gasteiger partial charge in [0.05, 0.1) is 5.02 Å². The van der Waals surface area contributed by atoms with Crippen LogP contribution in [0.5, 0.6) is 0 Å². The van der Waals surface area contributed by atoms with Crippen molar-refractivity contribution in [3.05, 3.63) is 70.7 Å². The maximum absolute atomic E-state index is 6.61. The summed E-state index contributed by atoms with van der Waals surface area (Å²) in [5.41, 5.74) is 5.25. The number of benzene rings is 3. The highest BCUT2D eigenvalue weighted by molar-refractivity contribution is 6.38. The molecule has 3 aromatic carbocycles. The molecule has 3 aromatic rings. The SMILES string of the molecule is C.Clc1c2c(cc3ccccc13)Cc1ccccc1-2. The molecule has 1 heteroatoms. The molecule has 4 rings (SSSR count). The molecule has 0 spiro atoms. The average molecular weight is 267 g/mol. The summed E-state index contributed by atoms with van der Waals surface area (Å²) in [7, 11) is 0. The standard InChI is InChI=1S/C17H11Cl.CH4/c18-17-15-8-4-2-6-12(15)10-13-9-11-5-1-3-7-14(11)16(13)17;/h1-8,10H,9H2;1H4. The summed E-state index contributed by atoms with van der Waals surface area (Å²) in [5.74, 6) is 0. The van der Waals surface area contributed by atoms with Crippen molar-refractivity contribution in [2.24, 2.45) is 0 Å². The topological polar surface area (TPSA) is 0 Å². The molecule has 19 heavy (non-hydrogen) atoms. The van der Waals surface area contributed by atoms with Crippen molar-refractivity contribution in [3.63, 3.8) is 0 Å². The lowest BCUT2D eigenvalue weighted by molar-refractivity contribution is 1.27. The third-order valence-corrected chi connectivity index (χ3v) is 4.13. The van der Waals surface area contributed by atoms with Crippen LogP contribution in [0.1, 0.15) is 18.6 Å². The van der Waals surface area contributed by atoms with Crippen LogP contribution in [-0.4, -0.2) is 0 Å². The minimum atomic E-state index is 0. The molecule has 0 saturated carbocycles. The Morgan fingerprint density at radius 2 is 1.58 bits per heavy atom. The van der Waals surface area contributed by atoms with Crippen molar-refractivity contribution in [2.75, 3.05) is 0 Å². The van der Waals surface area contributed by atoms with Gasteiger partial charge in [0.2, 0.25) is 0 Å². The Labute approximate surface area is 118 Å². The Morgan fingerprint density at radius 1 is 0.842 bits per heavy atom. The van der Waals surface area contributed by atoms with Crippen molar-refractivity contribution in [2.45, 2.75) is 13.8 Å². The van der Waals surface area contributed by atoms with Gasteiger partial charge in [-0.2, -0.15) is 0 Å². The van der Waals surface area contributed by atoms with E-state index in [1.54, 1.807) is 0 Å². The van der Waals surface area contributed by atoms with Crippen LogP contribution in [0.2, 0.25) is 5.02 Å². The largest absolute Gasteiger partial charge is 0.0830 e. The fraction of sp³-hybridized carbons (Fsp3) is 0.111. The summed E-state index contributed by atoms with van der Waals surface area (Å²) in [6.45, 7) is 0. The fourth-order valence-electron chi connectivity index (χ4n) is 2.91. The first kappa shape index (κ1) is 12.3. The summed E-state index contributed by atoms with van der Waals surface area (Å²) in [6.07, 6.45) is 0.996. The molecule has 0 N–H and O–H groups in total. The van der Waals surface area contributed by atoms with Crippen LogP contribution in [0.4, 0.5) is 0 Å². The van der Waals surface area contributed by atoms with E-state index < -0.39 is 0 Å². The molecule has 0 saturated heterocycles. The summed E-state index contributed by atoms with van der Waals surface area (Å²) >= 11 is 6.61. The van der Waals surface area contributed by atoms with Crippen LogP contribution in [0.3, 0.4) is 0 Å². The smallest absolute Gasteiger partial charge is 0.0565 e. The molecule has 0 bridgehead atoms. The van der Waals surface area contributed by atoms with Gasteiger partial charge in [0, 0.05) is 10.9 Å². The van der Waals surface area contributed by atoms with E-state index in [-0.39, 0.29) is 7.43 Å². The minimum absolute atomic E-state index is 0. The Morgan fingerprint density at radius 3 is 2.47 bits per heavy atom. The molecule has 0 unspecified atom stereocenters.